The second kappa shape index (κ2) is 6.73. The highest BCUT2D eigenvalue weighted by atomic mass is 16.4. The van der Waals surface area contributed by atoms with Crippen molar-refractivity contribution in [2.75, 3.05) is 18.0 Å². The van der Waals surface area contributed by atoms with Crippen molar-refractivity contribution in [1.82, 2.24) is 4.98 Å². The lowest BCUT2D eigenvalue weighted by Gasteiger charge is -2.23. The Morgan fingerprint density at radius 1 is 1.35 bits per heavy atom. The summed E-state index contributed by atoms with van der Waals surface area (Å²) in [6.07, 6.45) is 3.96. The fraction of sp³-hybridized carbons (Fsp3) is 0.500. The van der Waals surface area contributed by atoms with Gasteiger partial charge in [0.15, 0.2) is 5.84 Å². The Bertz CT molecular complexity index is 355. The quantitative estimate of drug-likeness (QED) is 0.342. The maximum atomic E-state index is 8.55. The molecule has 3 N–H and O–H groups in total. The molecule has 1 aromatic heterocycles. The van der Waals surface area contributed by atoms with Gasteiger partial charge in [-0.25, -0.2) is 0 Å². The number of oxime groups is 1. The van der Waals surface area contributed by atoms with Gasteiger partial charge in [-0.15, -0.1) is 0 Å². The van der Waals surface area contributed by atoms with Crippen LogP contribution in [0.1, 0.15) is 32.4 Å². The van der Waals surface area contributed by atoms with Crippen molar-refractivity contribution in [2.45, 2.75) is 26.7 Å². The number of rotatable bonds is 6. The number of amidine groups is 1. The third-order valence-electron chi connectivity index (χ3n) is 2.47. The third kappa shape index (κ3) is 3.62. The van der Waals surface area contributed by atoms with Crippen LogP contribution in [0.2, 0.25) is 0 Å². The number of hydrogen-bond acceptors (Lipinski definition) is 4. The predicted octanol–water partition coefficient (Wildman–Crippen LogP) is 1.80. The molecule has 0 aromatic carbocycles. The van der Waals surface area contributed by atoms with Crippen LogP contribution < -0.4 is 10.6 Å². The summed E-state index contributed by atoms with van der Waals surface area (Å²) in [5.74, 6) is 0.0362. The first-order valence-electron chi connectivity index (χ1n) is 5.91. The largest absolute Gasteiger partial charge is 0.409 e. The number of nitrogens with zero attached hydrogens (tertiary/aromatic N) is 3. The minimum Gasteiger partial charge on any atom is -0.409 e. The van der Waals surface area contributed by atoms with Crippen molar-refractivity contribution in [3.63, 3.8) is 0 Å². The summed E-state index contributed by atoms with van der Waals surface area (Å²) < 4.78 is 0. The third-order valence-corrected chi connectivity index (χ3v) is 2.47. The van der Waals surface area contributed by atoms with Crippen LogP contribution in [0, 0.1) is 0 Å². The van der Waals surface area contributed by atoms with E-state index in [2.05, 4.69) is 28.9 Å². The zero-order chi connectivity index (χ0) is 12.7. The first-order valence-corrected chi connectivity index (χ1v) is 5.91. The van der Waals surface area contributed by atoms with Gasteiger partial charge in [0, 0.05) is 13.1 Å². The summed E-state index contributed by atoms with van der Waals surface area (Å²) in [7, 11) is 0. The van der Waals surface area contributed by atoms with Gasteiger partial charge in [-0.1, -0.05) is 19.0 Å². The molecule has 0 bridgehead atoms. The van der Waals surface area contributed by atoms with E-state index in [1.165, 1.54) is 0 Å². The normalized spacial score (nSPS) is 11.5. The molecule has 0 aliphatic carbocycles. The number of anilines is 1. The first kappa shape index (κ1) is 13.3. The Kier molecular flexibility index (Phi) is 5.26. The minimum absolute atomic E-state index is 0.0362. The molecule has 0 unspecified atom stereocenters. The highest BCUT2D eigenvalue weighted by molar-refractivity contribution is 5.95. The van der Waals surface area contributed by atoms with Crippen molar-refractivity contribution >= 4 is 11.5 Å². The lowest BCUT2D eigenvalue weighted by atomic mass is 10.2. The second-order valence-corrected chi connectivity index (χ2v) is 3.87. The molecule has 0 saturated heterocycles. The van der Waals surface area contributed by atoms with Gasteiger partial charge in [0.05, 0.1) is 11.9 Å². The molecule has 5 heteroatoms. The molecule has 1 aromatic rings. The molecule has 0 spiro atoms. The van der Waals surface area contributed by atoms with Crippen LogP contribution in [0.3, 0.4) is 0 Å². The van der Waals surface area contributed by atoms with E-state index in [0.717, 1.165) is 31.6 Å². The molecule has 1 heterocycles. The van der Waals surface area contributed by atoms with Gasteiger partial charge >= 0.3 is 0 Å². The van der Waals surface area contributed by atoms with E-state index < -0.39 is 0 Å². The lowest BCUT2D eigenvalue weighted by molar-refractivity contribution is 0.318. The van der Waals surface area contributed by atoms with Crippen LogP contribution in [0.15, 0.2) is 23.5 Å². The minimum atomic E-state index is 0.0362. The van der Waals surface area contributed by atoms with Gasteiger partial charge in [0.1, 0.15) is 5.69 Å². The van der Waals surface area contributed by atoms with Crippen LogP contribution >= 0.6 is 0 Å². The molecule has 0 aliphatic heterocycles. The van der Waals surface area contributed by atoms with Crippen LogP contribution in [-0.4, -0.2) is 29.1 Å². The van der Waals surface area contributed by atoms with Crippen molar-refractivity contribution in [3.8, 4) is 0 Å². The van der Waals surface area contributed by atoms with Crippen LogP contribution in [0.25, 0.3) is 0 Å². The highest BCUT2D eigenvalue weighted by Crippen LogP contribution is 2.14. The van der Waals surface area contributed by atoms with Gasteiger partial charge in [0.25, 0.3) is 0 Å². The fourth-order valence-corrected chi connectivity index (χ4v) is 1.69. The Morgan fingerprint density at radius 2 is 2.00 bits per heavy atom. The molecule has 1 rings (SSSR count). The molecular weight excluding hydrogens is 216 g/mol. The van der Waals surface area contributed by atoms with Crippen molar-refractivity contribution < 1.29 is 5.21 Å². The molecule has 5 nitrogen and oxygen atoms in total. The standard InChI is InChI=1S/C12H20N4O/c1-3-7-16(8-4-2)10-5-6-11(14-9-10)12(13)15-17/h5-6,9,17H,3-4,7-8H2,1-2H3,(H2,13,15). The zero-order valence-corrected chi connectivity index (χ0v) is 10.4. The SMILES string of the molecule is CCCN(CCC)c1ccc(/C(N)=N/O)nc1. The van der Waals surface area contributed by atoms with E-state index in [9.17, 15) is 0 Å². The van der Waals surface area contributed by atoms with E-state index in [-0.39, 0.29) is 5.84 Å². The molecule has 94 valence electrons. The maximum Gasteiger partial charge on any atom is 0.188 e. The molecule has 0 atom stereocenters. The number of hydrogen-bond donors (Lipinski definition) is 2. The number of nitrogens with two attached hydrogens (primary N) is 1. The van der Waals surface area contributed by atoms with E-state index in [4.69, 9.17) is 10.9 Å². The summed E-state index contributed by atoms with van der Waals surface area (Å²) in [4.78, 5) is 6.46. The maximum absolute atomic E-state index is 8.55. The predicted molar refractivity (Wildman–Crippen MR) is 69.5 cm³/mol. The second-order valence-electron chi connectivity index (χ2n) is 3.87. The van der Waals surface area contributed by atoms with E-state index in [0.29, 0.717) is 5.69 Å². The molecular formula is C12H20N4O. The molecule has 0 radical (unpaired) electrons. The summed E-state index contributed by atoms with van der Waals surface area (Å²) in [6, 6.07) is 3.72. The van der Waals surface area contributed by atoms with Gasteiger partial charge in [0.2, 0.25) is 0 Å². The van der Waals surface area contributed by atoms with Crippen molar-refractivity contribution in [1.29, 1.82) is 0 Å². The van der Waals surface area contributed by atoms with Crippen LogP contribution in [0.4, 0.5) is 5.69 Å². The average Bonchev–Trinajstić information content (AvgIpc) is 2.38. The lowest BCUT2D eigenvalue weighted by Crippen LogP contribution is -2.25. The zero-order valence-electron chi connectivity index (χ0n) is 10.4. The van der Waals surface area contributed by atoms with Crippen LogP contribution in [-0.2, 0) is 0 Å². The van der Waals surface area contributed by atoms with Crippen LogP contribution in [0.5, 0.6) is 0 Å². The molecule has 0 fully saturated rings. The fourth-order valence-electron chi connectivity index (χ4n) is 1.69. The first-order chi connectivity index (χ1) is 8.22. The summed E-state index contributed by atoms with van der Waals surface area (Å²) >= 11 is 0. The smallest absolute Gasteiger partial charge is 0.188 e. The monoisotopic (exact) mass is 236 g/mol. The molecule has 17 heavy (non-hydrogen) atoms. The molecule has 0 saturated carbocycles. The topological polar surface area (TPSA) is 74.7 Å². The van der Waals surface area contributed by atoms with Gasteiger partial charge in [-0.2, -0.15) is 0 Å². The Balaban J connectivity index is 2.83. The number of aromatic nitrogens is 1. The van der Waals surface area contributed by atoms with Gasteiger partial charge < -0.3 is 15.8 Å². The van der Waals surface area contributed by atoms with Gasteiger partial charge in [-0.3, -0.25) is 4.98 Å². The Labute approximate surface area is 102 Å². The molecule has 0 amide bonds. The average molecular weight is 236 g/mol. The molecule has 0 aliphatic rings. The number of pyridine rings is 1. The summed E-state index contributed by atoms with van der Waals surface area (Å²) in [5.41, 5.74) is 7.02. The Morgan fingerprint density at radius 3 is 2.41 bits per heavy atom. The highest BCUT2D eigenvalue weighted by Gasteiger charge is 2.06. The van der Waals surface area contributed by atoms with E-state index in [1.54, 1.807) is 12.3 Å². The van der Waals surface area contributed by atoms with Gasteiger partial charge in [-0.05, 0) is 25.0 Å². The van der Waals surface area contributed by atoms with E-state index in [1.807, 2.05) is 6.07 Å². The van der Waals surface area contributed by atoms with Crippen molar-refractivity contribution in [3.05, 3.63) is 24.0 Å². The Hall–Kier alpha value is -1.78. The van der Waals surface area contributed by atoms with Crippen molar-refractivity contribution in [2.24, 2.45) is 10.9 Å². The summed E-state index contributed by atoms with van der Waals surface area (Å²) in [5, 5.41) is 11.5. The summed E-state index contributed by atoms with van der Waals surface area (Å²) in [6.45, 7) is 6.33. The van der Waals surface area contributed by atoms with E-state index >= 15 is 0 Å².